The van der Waals surface area contributed by atoms with Gasteiger partial charge in [0.05, 0.1) is 4.88 Å². The number of amides is 1. The molecule has 1 N–H and O–H groups in total. The Labute approximate surface area is 158 Å². The van der Waals surface area contributed by atoms with Crippen LogP contribution >= 0.6 is 11.3 Å². The Bertz CT molecular complexity index is 1100. The maximum atomic E-state index is 12.4. The summed E-state index contributed by atoms with van der Waals surface area (Å²) in [6.45, 7) is -0.171. The number of nitrogens with zero attached hydrogens (tertiary/aromatic N) is 2. The maximum Gasteiger partial charge on any atom is 0.442 e. The van der Waals surface area contributed by atoms with Crippen LogP contribution in [-0.2, 0) is 11.3 Å². The van der Waals surface area contributed by atoms with Crippen LogP contribution in [0.1, 0.15) is 0 Å². The number of rotatable bonds is 5. The topological polar surface area (TPSA) is 77.1 Å². The lowest BCUT2D eigenvalue weighted by molar-refractivity contribution is -0.116. The lowest BCUT2D eigenvalue weighted by Crippen LogP contribution is -2.25. The first-order chi connectivity index (χ1) is 13.2. The van der Waals surface area contributed by atoms with E-state index in [1.807, 2.05) is 72.1 Å². The maximum absolute atomic E-state index is 12.4. The molecule has 2 heterocycles. The SMILES string of the molecule is O=C(Cn1c(-c2cccs2)noc1=O)Nc1ccc(-c2ccccc2)cc1. The van der Waals surface area contributed by atoms with Crippen LogP contribution < -0.4 is 11.1 Å². The number of hydrogen-bond acceptors (Lipinski definition) is 5. The standard InChI is InChI=1S/C20H15N3O3S/c24-18(13-23-19(22-26-20(23)25)17-7-4-12-27-17)21-16-10-8-15(9-11-16)14-5-2-1-3-6-14/h1-12H,13H2,(H,21,24). The summed E-state index contributed by atoms with van der Waals surface area (Å²) in [5.74, 6) is -0.636. The summed E-state index contributed by atoms with van der Waals surface area (Å²) >= 11 is 1.42. The molecular weight excluding hydrogens is 362 g/mol. The van der Waals surface area contributed by atoms with E-state index in [1.54, 1.807) is 0 Å². The van der Waals surface area contributed by atoms with E-state index < -0.39 is 5.76 Å². The molecule has 0 bridgehead atoms. The van der Waals surface area contributed by atoms with Gasteiger partial charge in [-0.05, 0) is 34.7 Å². The van der Waals surface area contributed by atoms with Gasteiger partial charge in [-0.2, -0.15) is 0 Å². The number of carbonyl (C=O) groups excluding carboxylic acids is 1. The summed E-state index contributed by atoms with van der Waals surface area (Å²) in [6.07, 6.45) is 0. The highest BCUT2D eigenvalue weighted by Gasteiger charge is 2.16. The van der Waals surface area contributed by atoms with E-state index in [2.05, 4.69) is 10.5 Å². The van der Waals surface area contributed by atoms with Gasteiger partial charge in [0.25, 0.3) is 0 Å². The summed E-state index contributed by atoms with van der Waals surface area (Å²) in [5.41, 5.74) is 2.82. The predicted molar refractivity (Wildman–Crippen MR) is 105 cm³/mol. The van der Waals surface area contributed by atoms with Crippen molar-refractivity contribution in [2.45, 2.75) is 6.54 Å². The minimum absolute atomic E-state index is 0.171. The molecule has 1 amide bonds. The summed E-state index contributed by atoms with van der Waals surface area (Å²) in [6, 6.07) is 21.2. The van der Waals surface area contributed by atoms with Gasteiger partial charge in [0.15, 0.2) is 5.82 Å². The lowest BCUT2D eigenvalue weighted by atomic mass is 10.1. The number of anilines is 1. The summed E-state index contributed by atoms with van der Waals surface area (Å²) in [4.78, 5) is 25.0. The van der Waals surface area contributed by atoms with Crippen LogP contribution in [0.4, 0.5) is 5.69 Å². The molecule has 0 aliphatic rings. The monoisotopic (exact) mass is 377 g/mol. The van der Waals surface area contributed by atoms with Gasteiger partial charge in [-0.3, -0.25) is 9.32 Å². The lowest BCUT2D eigenvalue weighted by Gasteiger charge is -2.07. The van der Waals surface area contributed by atoms with Crippen molar-refractivity contribution in [2.24, 2.45) is 0 Å². The van der Waals surface area contributed by atoms with Crippen LogP contribution in [0.2, 0.25) is 0 Å². The van der Waals surface area contributed by atoms with Crippen LogP contribution in [0.5, 0.6) is 0 Å². The van der Waals surface area contributed by atoms with Gasteiger partial charge in [-0.1, -0.05) is 53.7 Å². The van der Waals surface area contributed by atoms with E-state index in [9.17, 15) is 9.59 Å². The van der Waals surface area contributed by atoms with Crippen molar-refractivity contribution in [3.8, 4) is 21.8 Å². The molecule has 4 rings (SSSR count). The number of thiophene rings is 1. The van der Waals surface area contributed by atoms with Gasteiger partial charge in [0, 0.05) is 5.69 Å². The number of aromatic nitrogens is 2. The Morgan fingerprint density at radius 3 is 2.44 bits per heavy atom. The second kappa shape index (κ2) is 7.43. The molecule has 0 spiro atoms. The highest BCUT2D eigenvalue weighted by Crippen LogP contribution is 2.22. The molecular formula is C20H15N3O3S. The van der Waals surface area contributed by atoms with Crippen molar-refractivity contribution >= 4 is 22.9 Å². The molecule has 0 saturated heterocycles. The fraction of sp³-hybridized carbons (Fsp3) is 0.0500. The zero-order chi connectivity index (χ0) is 18.6. The van der Waals surface area contributed by atoms with Crippen molar-refractivity contribution in [3.05, 3.63) is 82.7 Å². The largest absolute Gasteiger partial charge is 0.442 e. The molecule has 0 aliphatic carbocycles. The first-order valence-electron chi connectivity index (χ1n) is 8.26. The minimum atomic E-state index is -0.659. The first-order valence-corrected chi connectivity index (χ1v) is 9.14. The van der Waals surface area contributed by atoms with Gasteiger partial charge in [0.2, 0.25) is 5.91 Å². The van der Waals surface area contributed by atoms with Crippen molar-refractivity contribution in [1.82, 2.24) is 9.72 Å². The normalized spacial score (nSPS) is 10.7. The molecule has 0 saturated carbocycles. The highest BCUT2D eigenvalue weighted by atomic mass is 32.1. The molecule has 2 aromatic heterocycles. The second-order valence-electron chi connectivity index (χ2n) is 5.83. The summed E-state index contributed by atoms with van der Waals surface area (Å²) in [7, 11) is 0. The Hall–Kier alpha value is -3.45. The molecule has 6 nitrogen and oxygen atoms in total. The fourth-order valence-corrected chi connectivity index (χ4v) is 3.43. The molecule has 0 atom stereocenters. The third-order valence-corrected chi connectivity index (χ3v) is 4.87. The zero-order valence-corrected chi connectivity index (χ0v) is 15.0. The zero-order valence-electron chi connectivity index (χ0n) is 14.2. The Balaban J connectivity index is 1.48. The summed E-state index contributed by atoms with van der Waals surface area (Å²) < 4.78 is 5.94. The van der Waals surface area contributed by atoms with Crippen molar-refractivity contribution in [1.29, 1.82) is 0 Å². The van der Waals surface area contributed by atoms with E-state index >= 15 is 0 Å². The first kappa shape index (κ1) is 17.0. The van der Waals surface area contributed by atoms with Gasteiger partial charge < -0.3 is 5.32 Å². The fourth-order valence-electron chi connectivity index (χ4n) is 2.71. The third-order valence-electron chi connectivity index (χ3n) is 4.01. The molecule has 2 aromatic carbocycles. The number of nitrogens with one attached hydrogen (secondary N) is 1. The van der Waals surface area contributed by atoms with Crippen LogP contribution in [-0.4, -0.2) is 15.6 Å². The number of hydrogen-bond donors (Lipinski definition) is 1. The molecule has 0 radical (unpaired) electrons. The van der Waals surface area contributed by atoms with Gasteiger partial charge >= 0.3 is 5.76 Å². The average molecular weight is 377 g/mol. The molecule has 27 heavy (non-hydrogen) atoms. The van der Waals surface area contributed by atoms with Crippen LogP contribution in [0.15, 0.2) is 81.4 Å². The molecule has 0 unspecified atom stereocenters. The predicted octanol–water partition coefficient (Wildman–Crippen LogP) is 3.87. The van der Waals surface area contributed by atoms with Gasteiger partial charge in [-0.25, -0.2) is 9.36 Å². The van der Waals surface area contributed by atoms with Crippen molar-refractivity contribution in [2.75, 3.05) is 5.32 Å². The highest BCUT2D eigenvalue weighted by molar-refractivity contribution is 7.13. The smallest absolute Gasteiger partial charge is 0.325 e. The Morgan fingerprint density at radius 2 is 1.74 bits per heavy atom. The number of benzene rings is 2. The van der Waals surface area contributed by atoms with Gasteiger partial charge in [0.1, 0.15) is 6.54 Å². The molecule has 7 heteroatoms. The van der Waals surface area contributed by atoms with Crippen molar-refractivity contribution in [3.63, 3.8) is 0 Å². The third kappa shape index (κ3) is 3.73. The van der Waals surface area contributed by atoms with Crippen molar-refractivity contribution < 1.29 is 9.32 Å². The molecule has 0 aliphatic heterocycles. The minimum Gasteiger partial charge on any atom is -0.325 e. The van der Waals surface area contributed by atoms with E-state index in [4.69, 9.17) is 4.52 Å². The van der Waals surface area contributed by atoms with Crippen LogP contribution in [0.3, 0.4) is 0 Å². The Morgan fingerprint density at radius 1 is 1.00 bits per heavy atom. The number of carbonyl (C=O) groups is 1. The van der Waals surface area contributed by atoms with E-state index in [1.165, 1.54) is 15.9 Å². The quantitative estimate of drug-likeness (QED) is 0.573. The van der Waals surface area contributed by atoms with Gasteiger partial charge in [-0.15, -0.1) is 11.3 Å². The molecule has 134 valence electrons. The molecule has 0 fully saturated rings. The van der Waals surface area contributed by atoms with E-state index in [0.29, 0.717) is 11.5 Å². The van der Waals surface area contributed by atoms with E-state index in [0.717, 1.165) is 16.0 Å². The molecule has 4 aromatic rings. The van der Waals surface area contributed by atoms with Crippen LogP contribution in [0.25, 0.3) is 21.8 Å². The Kier molecular flexibility index (Phi) is 4.67. The average Bonchev–Trinajstić information content (AvgIpc) is 3.34. The second-order valence-corrected chi connectivity index (χ2v) is 6.77. The van der Waals surface area contributed by atoms with Crippen LogP contribution in [0, 0.1) is 0 Å². The van der Waals surface area contributed by atoms with E-state index in [-0.39, 0.29) is 12.5 Å². The summed E-state index contributed by atoms with van der Waals surface area (Å²) in [5, 5.41) is 8.43.